The summed E-state index contributed by atoms with van der Waals surface area (Å²) < 4.78 is 0. The number of rotatable bonds is 24. The molecule has 328 valence electrons. The number of benzene rings is 2. The molecule has 60 heavy (non-hydrogen) atoms. The van der Waals surface area contributed by atoms with Gasteiger partial charge < -0.3 is 48.7 Å². The Morgan fingerprint density at radius 1 is 0.733 bits per heavy atom. The molecule has 18 heteroatoms. The molecule has 3 rings (SSSR count). The van der Waals surface area contributed by atoms with Gasteiger partial charge in [-0.2, -0.15) is 11.8 Å². The fourth-order valence-corrected chi connectivity index (χ4v) is 7.41. The monoisotopic (exact) mass is 850 g/mol. The van der Waals surface area contributed by atoms with Crippen molar-refractivity contribution in [2.45, 2.75) is 108 Å². The SMILES string of the molecule is CSCC[C@H](NC(=O)[C@H](CC(C)C)NC(=O)[C@@H]1CCCN1C(=O)[C@H](Cc1ccccc1)NC(=O)[C@H](Cc1ccccc1)NC(=O)[C@H](CCCN=C(N)N)NC(C)=O)C(N)=O. The summed E-state index contributed by atoms with van der Waals surface area (Å²) in [7, 11) is 0. The first kappa shape index (κ1) is 48.7. The summed E-state index contributed by atoms with van der Waals surface area (Å²) >= 11 is 1.51. The molecule has 0 radical (unpaired) electrons. The molecule has 0 spiro atoms. The van der Waals surface area contributed by atoms with Gasteiger partial charge in [0, 0.05) is 32.9 Å². The van der Waals surface area contributed by atoms with E-state index in [0.29, 0.717) is 31.4 Å². The zero-order valence-corrected chi connectivity index (χ0v) is 35.8. The minimum atomic E-state index is -1.17. The number of guanidine groups is 1. The number of nitrogens with two attached hydrogens (primary N) is 3. The molecule has 1 aliphatic heterocycles. The third-order valence-electron chi connectivity index (χ3n) is 9.90. The number of likely N-dealkylation sites (tertiary alicyclic amines) is 1. The molecule has 0 aliphatic carbocycles. The maximum atomic E-state index is 14.6. The number of aliphatic imine (C=N–C) groups is 1. The van der Waals surface area contributed by atoms with Crippen LogP contribution < -0.4 is 43.8 Å². The molecule has 0 unspecified atom stereocenters. The predicted octanol–water partition coefficient (Wildman–Crippen LogP) is 0.245. The van der Waals surface area contributed by atoms with E-state index in [-0.39, 0.29) is 50.7 Å². The molecule has 7 amide bonds. The van der Waals surface area contributed by atoms with Crippen molar-refractivity contribution in [3.63, 3.8) is 0 Å². The molecule has 0 saturated carbocycles. The number of primary amides is 1. The molecule has 1 saturated heterocycles. The van der Waals surface area contributed by atoms with Crippen LogP contribution in [-0.2, 0) is 46.4 Å². The van der Waals surface area contributed by atoms with E-state index in [1.807, 2.05) is 56.5 Å². The van der Waals surface area contributed by atoms with Crippen molar-refractivity contribution in [1.82, 2.24) is 31.5 Å². The van der Waals surface area contributed by atoms with Gasteiger partial charge in [0.2, 0.25) is 41.4 Å². The Bertz CT molecular complexity index is 1780. The van der Waals surface area contributed by atoms with Gasteiger partial charge in [-0.1, -0.05) is 74.5 Å². The molecular weight excluding hydrogens is 789 g/mol. The number of hydrogen-bond donors (Lipinski definition) is 8. The molecule has 1 heterocycles. The first-order valence-corrected chi connectivity index (χ1v) is 21.7. The van der Waals surface area contributed by atoms with Gasteiger partial charge in [0.05, 0.1) is 0 Å². The van der Waals surface area contributed by atoms with Gasteiger partial charge in [0.25, 0.3) is 0 Å². The van der Waals surface area contributed by atoms with E-state index in [2.05, 4.69) is 31.6 Å². The van der Waals surface area contributed by atoms with Gasteiger partial charge in [0.1, 0.15) is 36.3 Å². The lowest BCUT2D eigenvalue weighted by atomic mass is 10.0. The van der Waals surface area contributed by atoms with E-state index < -0.39 is 77.6 Å². The second kappa shape index (κ2) is 25.1. The Morgan fingerprint density at radius 2 is 1.28 bits per heavy atom. The van der Waals surface area contributed by atoms with Crippen LogP contribution in [0.1, 0.15) is 70.4 Å². The molecule has 2 aromatic rings. The summed E-state index contributed by atoms with van der Waals surface area (Å²) in [6, 6.07) is 11.9. The molecule has 0 aromatic heterocycles. The Hall–Kier alpha value is -5.65. The fraction of sp³-hybridized carbons (Fsp3) is 0.524. The number of hydrogen-bond acceptors (Lipinski definition) is 9. The van der Waals surface area contributed by atoms with Gasteiger partial charge in [-0.15, -0.1) is 0 Å². The first-order valence-electron chi connectivity index (χ1n) is 20.3. The van der Waals surface area contributed by atoms with Gasteiger partial charge in [-0.3, -0.25) is 38.6 Å². The third-order valence-corrected chi connectivity index (χ3v) is 10.5. The molecule has 6 atom stereocenters. The van der Waals surface area contributed by atoms with Crippen LogP contribution in [0.3, 0.4) is 0 Å². The van der Waals surface area contributed by atoms with E-state index in [4.69, 9.17) is 17.2 Å². The van der Waals surface area contributed by atoms with Crippen LogP contribution in [0.15, 0.2) is 65.7 Å². The molecular formula is C42H62N10O7S. The fourth-order valence-electron chi connectivity index (χ4n) is 6.94. The number of nitrogens with zero attached hydrogens (tertiary/aromatic N) is 2. The normalized spacial score (nSPS) is 16.0. The number of amides is 7. The number of nitrogens with one attached hydrogen (secondary N) is 5. The predicted molar refractivity (Wildman–Crippen MR) is 232 cm³/mol. The molecule has 11 N–H and O–H groups in total. The Balaban J connectivity index is 1.89. The van der Waals surface area contributed by atoms with E-state index >= 15 is 0 Å². The van der Waals surface area contributed by atoms with Crippen molar-refractivity contribution in [3.05, 3.63) is 71.8 Å². The summed E-state index contributed by atoms with van der Waals surface area (Å²) in [5.74, 6) is -3.51. The van der Waals surface area contributed by atoms with Gasteiger partial charge >= 0.3 is 0 Å². The quantitative estimate of drug-likeness (QED) is 0.0405. The van der Waals surface area contributed by atoms with Crippen molar-refractivity contribution in [1.29, 1.82) is 0 Å². The molecule has 2 aromatic carbocycles. The van der Waals surface area contributed by atoms with Crippen LogP contribution in [0.2, 0.25) is 0 Å². The average molecular weight is 851 g/mol. The Morgan fingerprint density at radius 3 is 1.83 bits per heavy atom. The highest BCUT2D eigenvalue weighted by Gasteiger charge is 2.40. The average Bonchev–Trinajstić information content (AvgIpc) is 3.70. The molecule has 17 nitrogen and oxygen atoms in total. The highest BCUT2D eigenvalue weighted by atomic mass is 32.2. The van der Waals surface area contributed by atoms with Crippen LogP contribution in [0.25, 0.3) is 0 Å². The zero-order valence-electron chi connectivity index (χ0n) is 35.0. The maximum Gasteiger partial charge on any atom is 0.246 e. The van der Waals surface area contributed by atoms with Crippen LogP contribution in [0.5, 0.6) is 0 Å². The second-order valence-electron chi connectivity index (χ2n) is 15.3. The standard InChI is InChI=1S/C42H62N10O7S/c1-26(2)23-32(38(56)48-30(36(43)54)19-22-60-4)50-40(58)35-18-12-21-52(35)41(59)34(25-29-15-9-6-10-16-29)51-39(57)33(24-28-13-7-5-8-14-28)49-37(55)31(47-27(3)53)17-11-20-46-42(44)45/h5-10,13-16,26,30-35H,11-12,17-25H2,1-4H3,(H2,43,54)(H,47,53)(H,48,56)(H,49,55)(H,50,58)(H,51,57)(H4,44,45,46)/t30-,31-,32-,33-,34-,35-/m0/s1. The summed E-state index contributed by atoms with van der Waals surface area (Å²) in [6.45, 7) is 5.52. The van der Waals surface area contributed by atoms with E-state index in [1.165, 1.54) is 23.6 Å². The summed E-state index contributed by atoms with van der Waals surface area (Å²) in [6.07, 6.45) is 3.96. The maximum absolute atomic E-state index is 14.6. The van der Waals surface area contributed by atoms with Gasteiger partial charge in [0.15, 0.2) is 5.96 Å². The highest BCUT2D eigenvalue weighted by Crippen LogP contribution is 2.21. The third kappa shape index (κ3) is 16.5. The van der Waals surface area contributed by atoms with Crippen LogP contribution in [-0.4, -0.2) is 114 Å². The lowest BCUT2D eigenvalue weighted by Crippen LogP contribution is -2.60. The second-order valence-corrected chi connectivity index (χ2v) is 16.3. The largest absolute Gasteiger partial charge is 0.370 e. The van der Waals surface area contributed by atoms with E-state index in [9.17, 15) is 33.6 Å². The smallest absolute Gasteiger partial charge is 0.246 e. The van der Waals surface area contributed by atoms with Gasteiger partial charge in [-0.05, 0) is 67.6 Å². The Kier molecular flexibility index (Phi) is 20.4. The molecule has 0 bridgehead atoms. The van der Waals surface area contributed by atoms with E-state index in [0.717, 1.165) is 11.1 Å². The van der Waals surface area contributed by atoms with E-state index in [1.54, 1.807) is 24.3 Å². The minimum absolute atomic E-state index is 0.00594. The summed E-state index contributed by atoms with van der Waals surface area (Å²) in [5.41, 5.74) is 17.9. The number of carbonyl (C=O) groups excluding carboxylic acids is 7. The summed E-state index contributed by atoms with van der Waals surface area (Å²) in [5, 5.41) is 13.8. The molecule has 1 fully saturated rings. The van der Waals surface area contributed by atoms with Crippen molar-refractivity contribution in [3.8, 4) is 0 Å². The van der Waals surface area contributed by atoms with Gasteiger partial charge in [-0.25, -0.2) is 0 Å². The Labute approximate surface area is 356 Å². The number of thioether (sulfide) groups is 1. The molecule has 1 aliphatic rings. The zero-order chi connectivity index (χ0) is 44.2. The minimum Gasteiger partial charge on any atom is -0.370 e. The van der Waals surface area contributed by atoms with Crippen LogP contribution in [0.4, 0.5) is 0 Å². The van der Waals surface area contributed by atoms with Crippen molar-refractivity contribution in [2.75, 3.05) is 25.1 Å². The van der Waals surface area contributed by atoms with Crippen LogP contribution >= 0.6 is 11.8 Å². The van der Waals surface area contributed by atoms with Crippen molar-refractivity contribution in [2.24, 2.45) is 28.1 Å². The lowest BCUT2D eigenvalue weighted by Gasteiger charge is -2.31. The number of carbonyl (C=O) groups is 7. The first-order chi connectivity index (χ1) is 28.6. The summed E-state index contributed by atoms with van der Waals surface area (Å²) in [4.78, 5) is 99.7. The van der Waals surface area contributed by atoms with Crippen molar-refractivity contribution >= 4 is 59.1 Å². The van der Waals surface area contributed by atoms with Crippen LogP contribution in [0, 0.1) is 5.92 Å². The topological polar surface area (TPSA) is 273 Å². The highest BCUT2D eigenvalue weighted by molar-refractivity contribution is 7.98. The van der Waals surface area contributed by atoms with Crippen molar-refractivity contribution < 1.29 is 33.6 Å². The lowest BCUT2D eigenvalue weighted by molar-refractivity contribution is -0.142.